The standard InChI is InChI=1S/C9H11NO3/c1-7-3-5-9(6-4-7)8(2)13-10(11)12/h3-6,8H,1-2H3. The third kappa shape index (κ3) is 2.74. The quantitative estimate of drug-likeness (QED) is 0.530. The molecule has 70 valence electrons. The van der Waals surface area contributed by atoms with Crippen LogP contribution in [0, 0.1) is 17.0 Å². The largest absolute Gasteiger partial charge is 0.306 e. The monoisotopic (exact) mass is 181 g/mol. The Morgan fingerprint density at radius 1 is 1.38 bits per heavy atom. The van der Waals surface area contributed by atoms with Gasteiger partial charge in [0.25, 0.3) is 5.09 Å². The third-order valence-corrected chi connectivity index (χ3v) is 1.79. The van der Waals surface area contributed by atoms with Gasteiger partial charge in [-0.15, -0.1) is 10.1 Å². The topological polar surface area (TPSA) is 52.4 Å². The van der Waals surface area contributed by atoms with Crippen LogP contribution in [0.25, 0.3) is 0 Å². The van der Waals surface area contributed by atoms with E-state index in [0.29, 0.717) is 0 Å². The molecule has 0 spiro atoms. The summed E-state index contributed by atoms with van der Waals surface area (Å²) in [5, 5.41) is 9.26. The minimum absolute atomic E-state index is 0.504. The van der Waals surface area contributed by atoms with E-state index in [9.17, 15) is 10.1 Å². The molecular weight excluding hydrogens is 170 g/mol. The number of nitrogens with zero attached hydrogens (tertiary/aromatic N) is 1. The molecule has 0 aliphatic heterocycles. The van der Waals surface area contributed by atoms with Crippen molar-refractivity contribution in [2.75, 3.05) is 0 Å². The molecule has 0 aliphatic carbocycles. The summed E-state index contributed by atoms with van der Waals surface area (Å²) in [7, 11) is 0. The lowest BCUT2D eigenvalue weighted by Crippen LogP contribution is -2.05. The molecule has 13 heavy (non-hydrogen) atoms. The summed E-state index contributed by atoms with van der Waals surface area (Å²) in [5.74, 6) is 0. The SMILES string of the molecule is Cc1ccc(C(C)O[N+](=O)[O-])cc1. The molecule has 0 saturated carbocycles. The number of aryl methyl sites for hydroxylation is 1. The molecule has 1 rings (SSSR count). The van der Waals surface area contributed by atoms with Crippen LogP contribution in [0.2, 0.25) is 0 Å². The molecule has 0 saturated heterocycles. The Balaban J connectivity index is 2.71. The lowest BCUT2D eigenvalue weighted by molar-refractivity contribution is -0.770. The van der Waals surface area contributed by atoms with Crippen LogP contribution < -0.4 is 0 Å². The number of hydrogen-bond acceptors (Lipinski definition) is 3. The van der Waals surface area contributed by atoms with Gasteiger partial charge in [0.1, 0.15) is 6.10 Å². The van der Waals surface area contributed by atoms with Gasteiger partial charge in [-0.3, -0.25) is 0 Å². The van der Waals surface area contributed by atoms with Gasteiger partial charge in [-0.2, -0.15) is 0 Å². The van der Waals surface area contributed by atoms with Crippen LogP contribution in [-0.4, -0.2) is 5.09 Å². The molecule has 0 fully saturated rings. The van der Waals surface area contributed by atoms with Crippen LogP contribution in [0.4, 0.5) is 0 Å². The average molecular weight is 181 g/mol. The van der Waals surface area contributed by atoms with Crippen LogP contribution in [0.5, 0.6) is 0 Å². The molecule has 0 amide bonds. The maximum absolute atomic E-state index is 10.0. The molecule has 1 aromatic carbocycles. The van der Waals surface area contributed by atoms with E-state index in [4.69, 9.17) is 0 Å². The second-order valence-electron chi connectivity index (χ2n) is 2.88. The van der Waals surface area contributed by atoms with Crippen molar-refractivity contribution in [1.82, 2.24) is 0 Å². The molecule has 0 bridgehead atoms. The Bertz CT molecular complexity index is 294. The van der Waals surface area contributed by atoms with Gasteiger partial charge in [-0.1, -0.05) is 29.8 Å². The van der Waals surface area contributed by atoms with Crippen LogP contribution >= 0.6 is 0 Å². The molecule has 0 aromatic heterocycles. The lowest BCUT2D eigenvalue weighted by atomic mass is 10.1. The fraction of sp³-hybridized carbons (Fsp3) is 0.333. The summed E-state index contributed by atoms with van der Waals surface area (Å²) >= 11 is 0. The Morgan fingerprint density at radius 2 is 1.92 bits per heavy atom. The minimum atomic E-state index is -0.773. The second kappa shape index (κ2) is 3.89. The van der Waals surface area contributed by atoms with Crippen LogP contribution in [0.1, 0.15) is 24.2 Å². The van der Waals surface area contributed by atoms with Gasteiger partial charge < -0.3 is 4.84 Å². The van der Waals surface area contributed by atoms with E-state index in [1.54, 1.807) is 6.92 Å². The first-order chi connectivity index (χ1) is 6.09. The van der Waals surface area contributed by atoms with Gasteiger partial charge >= 0.3 is 0 Å². The first-order valence-electron chi connectivity index (χ1n) is 3.97. The van der Waals surface area contributed by atoms with Crippen molar-refractivity contribution in [1.29, 1.82) is 0 Å². The van der Waals surface area contributed by atoms with E-state index in [2.05, 4.69) is 4.84 Å². The zero-order valence-corrected chi connectivity index (χ0v) is 7.56. The van der Waals surface area contributed by atoms with E-state index in [1.165, 1.54) is 0 Å². The second-order valence-corrected chi connectivity index (χ2v) is 2.88. The first-order valence-corrected chi connectivity index (χ1v) is 3.97. The highest BCUT2D eigenvalue weighted by atomic mass is 17.0. The Labute approximate surface area is 76.2 Å². The van der Waals surface area contributed by atoms with Crippen LogP contribution in [0.15, 0.2) is 24.3 Å². The van der Waals surface area contributed by atoms with Gasteiger partial charge in [0, 0.05) is 0 Å². The Hall–Kier alpha value is -1.58. The highest BCUT2D eigenvalue weighted by Gasteiger charge is 2.08. The molecule has 0 N–H and O–H groups in total. The predicted molar refractivity (Wildman–Crippen MR) is 47.7 cm³/mol. The molecule has 0 aliphatic rings. The zero-order valence-electron chi connectivity index (χ0n) is 7.56. The van der Waals surface area contributed by atoms with Gasteiger partial charge in [0.05, 0.1) is 0 Å². The van der Waals surface area contributed by atoms with E-state index >= 15 is 0 Å². The molecule has 1 atom stereocenters. The smallest absolute Gasteiger partial charge is 0.295 e. The highest BCUT2D eigenvalue weighted by Crippen LogP contribution is 2.16. The molecular formula is C9H11NO3. The molecule has 4 nitrogen and oxygen atoms in total. The zero-order chi connectivity index (χ0) is 9.84. The van der Waals surface area contributed by atoms with E-state index in [1.807, 2.05) is 31.2 Å². The van der Waals surface area contributed by atoms with E-state index in [0.717, 1.165) is 11.1 Å². The molecule has 0 heterocycles. The van der Waals surface area contributed by atoms with Crippen molar-refractivity contribution in [2.24, 2.45) is 0 Å². The summed E-state index contributed by atoms with van der Waals surface area (Å²) in [5.41, 5.74) is 1.93. The van der Waals surface area contributed by atoms with Crippen molar-refractivity contribution < 1.29 is 9.92 Å². The number of hydrogen-bond donors (Lipinski definition) is 0. The van der Waals surface area contributed by atoms with Crippen molar-refractivity contribution in [2.45, 2.75) is 20.0 Å². The molecule has 0 radical (unpaired) electrons. The summed E-state index contributed by atoms with van der Waals surface area (Å²) < 4.78 is 0. The fourth-order valence-corrected chi connectivity index (χ4v) is 1.03. The Morgan fingerprint density at radius 3 is 2.38 bits per heavy atom. The highest BCUT2D eigenvalue weighted by molar-refractivity contribution is 5.22. The summed E-state index contributed by atoms with van der Waals surface area (Å²) in [6, 6.07) is 7.44. The van der Waals surface area contributed by atoms with Crippen LogP contribution in [-0.2, 0) is 4.84 Å². The maximum atomic E-state index is 10.0. The van der Waals surface area contributed by atoms with Gasteiger partial charge in [0.2, 0.25) is 0 Å². The van der Waals surface area contributed by atoms with Crippen molar-refractivity contribution in [3.63, 3.8) is 0 Å². The summed E-state index contributed by atoms with van der Waals surface area (Å²) in [6.45, 7) is 3.61. The lowest BCUT2D eigenvalue weighted by Gasteiger charge is -2.08. The van der Waals surface area contributed by atoms with E-state index in [-0.39, 0.29) is 0 Å². The van der Waals surface area contributed by atoms with E-state index < -0.39 is 11.2 Å². The first kappa shape index (κ1) is 9.51. The molecule has 1 unspecified atom stereocenters. The van der Waals surface area contributed by atoms with Gasteiger partial charge in [-0.25, -0.2) is 0 Å². The Kier molecular flexibility index (Phi) is 2.84. The average Bonchev–Trinajstić information content (AvgIpc) is 2.04. The maximum Gasteiger partial charge on any atom is 0.295 e. The minimum Gasteiger partial charge on any atom is -0.306 e. The number of benzene rings is 1. The molecule has 1 aromatic rings. The summed E-state index contributed by atoms with van der Waals surface area (Å²) in [6.07, 6.45) is -0.504. The predicted octanol–water partition coefficient (Wildman–Crippen LogP) is 2.26. The van der Waals surface area contributed by atoms with Crippen molar-refractivity contribution >= 4 is 0 Å². The normalized spacial score (nSPS) is 12.2. The van der Waals surface area contributed by atoms with Crippen molar-refractivity contribution in [3.8, 4) is 0 Å². The summed E-state index contributed by atoms with van der Waals surface area (Å²) in [4.78, 5) is 14.4. The molecule has 4 heteroatoms. The van der Waals surface area contributed by atoms with Gasteiger partial charge in [-0.05, 0) is 19.4 Å². The van der Waals surface area contributed by atoms with Crippen LogP contribution in [0.3, 0.4) is 0 Å². The fourth-order valence-electron chi connectivity index (χ4n) is 1.03. The van der Waals surface area contributed by atoms with Crippen molar-refractivity contribution in [3.05, 3.63) is 45.5 Å². The number of rotatable bonds is 3. The van der Waals surface area contributed by atoms with Gasteiger partial charge in [0.15, 0.2) is 0 Å². The third-order valence-electron chi connectivity index (χ3n) is 1.79.